The number of nitrogen functional groups attached to an aromatic ring is 1. The average Bonchev–Trinajstić information content (AvgIpc) is 2.81. The largest absolute Gasteiger partial charge is 0.368 e. The van der Waals surface area contributed by atoms with E-state index < -0.39 is 0 Å². The number of alkyl halides is 1. The van der Waals surface area contributed by atoms with Gasteiger partial charge in [0.15, 0.2) is 0 Å². The zero-order valence-electron chi connectivity index (χ0n) is 10.4. The highest BCUT2D eigenvalue weighted by Crippen LogP contribution is 2.36. The van der Waals surface area contributed by atoms with Crippen LogP contribution in [0.15, 0.2) is 24.3 Å². The van der Waals surface area contributed by atoms with E-state index in [4.69, 9.17) is 40.5 Å². The second-order valence-electron chi connectivity index (χ2n) is 4.12. The van der Waals surface area contributed by atoms with Gasteiger partial charge in [0, 0.05) is 20.8 Å². The molecular weight excluding hydrogens is 372 g/mol. The molecule has 21 heavy (non-hydrogen) atoms. The summed E-state index contributed by atoms with van der Waals surface area (Å²) in [7, 11) is 0. The molecule has 0 bridgehead atoms. The van der Waals surface area contributed by atoms with Gasteiger partial charge in [-0.25, -0.2) is 9.97 Å². The third-order valence-electron chi connectivity index (χ3n) is 2.78. The summed E-state index contributed by atoms with van der Waals surface area (Å²) < 4.78 is 0. The van der Waals surface area contributed by atoms with E-state index >= 15 is 0 Å². The fourth-order valence-corrected chi connectivity index (χ4v) is 3.56. The summed E-state index contributed by atoms with van der Waals surface area (Å²) in [6.45, 7) is 0. The molecule has 110 valence electrons. The van der Waals surface area contributed by atoms with Crippen molar-refractivity contribution in [2.45, 2.75) is 5.88 Å². The molecule has 0 saturated carbocycles. The van der Waals surface area contributed by atoms with Crippen molar-refractivity contribution in [3.8, 4) is 11.3 Å². The fraction of sp³-hybridized carbons (Fsp3) is 0.0769. The molecule has 3 rings (SSSR count). The van der Waals surface area contributed by atoms with E-state index in [9.17, 15) is 0 Å². The monoisotopic (exact) mass is 379 g/mol. The first-order valence-corrected chi connectivity index (χ1v) is 7.76. The number of nitrogens with two attached hydrogens (primary N) is 1. The van der Waals surface area contributed by atoms with Gasteiger partial charge >= 0.3 is 0 Å². The summed E-state index contributed by atoms with van der Waals surface area (Å²) in [5.41, 5.74) is 7.24. The lowest BCUT2D eigenvalue weighted by Gasteiger charge is -2.06. The Morgan fingerprint density at radius 2 is 1.90 bits per heavy atom. The van der Waals surface area contributed by atoms with Gasteiger partial charge in [0.25, 0.3) is 0 Å². The van der Waals surface area contributed by atoms with Crippen LogP contribution in [-0.4, -0.2) is 9.97 Å². The standard InChI is InChI=1S/C13H8Cl3N3S.ClH/c14-5-7-4-9-11(18-13(17)19-12(9)20-7)8-2-1-6(15)3-10(8)16;/h1-4H,5H2,(H2,17,18,19);1H. The summed E-state index contributed by atoms with van der Waals surface area (Å²) in [6.07, 6.45) is 0. The molecular formula is C13H9Cl4N3S. The number of benzene rings is 1. The molecule has 0 saturated heterocycles. The Hall–Kier alpha value is -0.780. The highest BCUT2D eigenvalue weighted by molar-refractivity contribution is 7.18. The van der Waals surface area contributed by atoms with Crippen LogP contribution in [0.2, 0.25) is 10.0 Å². The molecule has 8 heteroatoms. The Morgan fingerprint density at radius 3 is 2.57 bits per heavy atom. The minimum atomic E-state index is 0. The van der Waals surface area contributed by atoms with Gasteiger partial charge in [-0.05, 0) is 24.3 Å². The third-order valence-corrected chi connectivity index (χ3v) is 4.80. The van der Waals surface area contributed by atoms with Gasteiger partial charge in [-0.3, -0.25) is 0 Å². The highest BCUT2D eigenvalue weighted by Gasteiger charge is 2.14. The first-order chi connectivity index (χ1) is 9.58. The van der Waals surface area contributed by atoms with Crippen molar-refractivity contribution >= 4 is 74.7 Å². The number of halogens is 4. The van der Waals surface area contributed by atoms with E-state index in [0.29, 0.717) is 21.6 Å². The minimum absolute atomic E-state index is 0. The number of nitrogens with zero attached hydrogens (tertiary/aromatic N) is 2. The van der Waals surface area contributed by atoms with Crippen molar-refractivity contribution in [1.82, 2.24) is 9.97 Å². The summed E-state index contributed by atoms with van der Waals surface area (Å²) in [4.78, 5) is 10.4. The number of hydrogen-bond acceptors (Lipinski definition) is 4. The molecule has 0 unspecified atom stereocenters. The summed E-state index contributed by atoms with van der Waals surface area (Å²) in [6, 6.07) is 7.23. The normalized spacial score (nSPS) is 10.6. The van der Waals surface area contributed by atoms with E-state index in [-0.39, 0.29) is 18.4 Å². The van der Waals surface area contributed by atoms with Crippen LogP contribution >= 0.6 is 58.5 Å². The maximum absolute atomic E-state index is 6.25. The molecule has 2 heterocycles. The second-order valence-corrected chi connectivity index (χ2v) is 6.35. The molecule has 2 N–H and O–H groups in total. The fourth-order valence-electron chi connectivity index (χ4n) is 1.94. The first kappa shape index (κ1) is 16.6. The number of fused-ring (bicyclic) bond motifs is 1. The number of thiophene rings is 1. The number of aromatic nitrogens is 2. The molecule has 0 spiro atoms. The van der Waals surface area contributed by atoms with E-state index in [1.54, 1.807) is 12.1 Å². The summed E-state index contributed by atoms with van der Waals surface area (Å²) in [5, 5.41) is 1.99. The van der Waals surface area contributed by atoms with Gasteiger partial charge in [-0.15, -0.1) is 35.3 Å². The number of anilines is 1. The van der Waals surface area contributed by atoms with Crippen LogP contribution in [-0.2, 0) is 5.88 Å². The van der Waals surface area contributed by atoms with Crippen LogP contribution in [0.3, 0.4) is 0 Å². The van der Waals surface area contributed by atoms with E-state index in [2.05, 4.69) is 9.97 Å². The Bertz CT molecular complexity index is 803. The van der Waals surface area contributed by atoms with Gasteiger partial charge in [-0.1, -0.05) is 23.2 Å². The van der Waals surface area contributed by atoms with Crippen molar-refractivity contribution in [3.05, 3.63) is 39.2 Å². The molecule has 0 aliphatic carbocycles. The van der Waals surface area contributed by atoms with Crippen molar-refractivity contribution in [2.75, 3.05) is 5.73 Å². The highest BCUT2D eigenvalue weighted by atomic mass is 35.5. The van der Waals surface area contributed by atoms with Crippen LogP contribution in [0.1, 0.15) is 4.88 Å². The molecule has 3 nitrogen and oxygen atoms in total. The van der Waals surface area contributed by atoms with Crippen LogP contribution in [0.25, 0.3) is 21.5 Å². The molecule has 3 aromatic rings. The zero-order valence-corrected chi connectivity index (χ0v) is 14.3. The Morgan fingerprint density at radius 1 is 1.14 bits per heavy atom. The lowest BCUT2D eigenvalue weighted by Crippen LogP contribution is -1.96. The summed E-state index contributed by atoms with van der Waals surface area (Å²) in [5.74, 6) is 0.635. The van der Waals surface area contributed by atoms with Gasteiger partial charge in [-0.2, -0.15) is 0 Å². The van der Waals surface area contributed by atoms with Crippen LogP contribution in [0, 0.1) is 0 Å². The van der Waals surface area contributed by atoms with Gasteiger partial charge < -0.3 is 5.73 Å². The lowest BCUT2D eigenvalue weighted by molar-refractivity contribution is 1.25. The van der Waals surface area contributed by atoms with Crippen molar-refractivity contribution in [2.24, 2.45) is 0 Å². The average molecular weight is 381 g/mol. The van der Waals surface area contributed by atoms with Crippen LogP contribution in [0.4, 0.5) is 5.95 Å². The van der Waals surface area contributed by atoms with Gasteiger partial charge in [0.1, 0.15) is 4.83 Å². The molecule has 0 amide bonds. The smallest absolute Gasteiger partial charge is 0.221 e. The van der Waals surface area contributed by atoms with E-state index in [1.807, 2.05) is 12.1 Å². The Kier molecular flexibility index (Phi) is 5.17. The van der Waals surface area contributed by atoms with E-state index in [0.717, 1.165) is 20.7 Å². The maximum atomic E-state index is 6.25. The molecule has 0 radical (unpaired) electrons. The molecule has 0 aliphatic heterocycles. The van der Waals surface area contributed by atoms with E-state index in [1.165, 1.54) is 11.3 Å². The minimum Gasteiger partial charge on any atom is -0.368 e. The van der Waals surface area contributed by atoms with Crippen LogP contribution < -0.4 is 5.73 Å². The lowest BCUT2D eigenvalue weighted by atomic mass is 10.1. The molecule has 0 atom stereocenters. The SMILES string of the molecule is Cl.Nc1nc(-c2ccc(Cl)cc2Cl)c2cc(CCl)sc2n1. The Balaban J connectivity index is 0.00000161. The summed E-state index contributed by atoms with van der Waals surface area (Å²) >= 11 is 19.5. The zero-order chi connectivity index (χ0) is 14.3. The predicted molar refractivity (Wildman–Crippen MR) is 94.1 cm³/mol. The number of rotatable bonds is 2. The van der Waals surface area contributed by atoms with Crippen molar-refractivity contribution in [3.63, 3.8) is 0 Å². The predicted octanol–water partition coefficient (Wildman–Crippen LogP) is 5.41. The topological polar surface area (TPSA) is 51.8 Å². The molecule has 2 aromatic heterocycles. The maximum Gasteiger partial charge on any atom is 0.221 e. The second kappa shape index (κ2) is 6.55. The first-order valence-electron chi connectivity index (χ1n) is 5.66. The van der Waals surface area contributed by atoms with Crippen LogP contribution in [0.5, 0.6) is 0 Å². The Labute approximate surface area is 146 Å². The quantitative estimate of drug-likeness (QED) is 0.604. The molecule has 0 aliphatic rings. The number of hydrogen-bond donors (Lipinski definition) is 1. The van der Waals surface area contributed by atoms with Crippen molar-refractivity contribution in [1.29, 1.82) is 0 Å². The third kappa shape index (κ3) is 3.20. The van der Waals surface area contributed by atoms with Gasteiger partial charge in [0.05, 0.1) is 16.6 Å². The van der Waals surface area contributed by atoms with Gasteiger partial charge in [0.2, 0.25) is 5.95 Å². The molecule has 1 aromatic carbocycles. The van der Waals surface area contributed by atoms with Crippen molar-refractivity contribution < 1.29 is 0 Å². The molecule has 0 fully saturated rings.